The number of hydrogen-bond acceptors (Lipinski definition) is 2. The van der Waals surface area contributed by atoms with Crippen LogP contribution >= 0.6 is 0 Å². The second-order valence-electron chi connectivity index (χ2n) is 0.448. The van der Waals surface area contributed by atoms with Crippen LogP contribution in [-0.4, -0.2) is 44.8 Å². The summed E-state index contributed by atoms with van der Waals surface area (Å²) < 4.78 is 31.6. The van der Waals surface area contributed by atoms with Crippen LogP contribution in [0.2, 0.25) is 0 Å². The zero-order valence-electron chi connectivity index (χ0n) is 3.13. The SMILES string of the molecule is O=S(=O)(O)O.[Cu].[PbH2]. The summed E-state index contributed by atoms with van der Waals surface area (Å²) in [6, 6.07) is 0. The van der Waals surface area contributed by atoms with Gasteiger partial charge in [0.2, 0.25) is 0 Å². The topological polar surface area (TPSA) is 74.6 Å². The Labute approximate surface area is 71.9 Å². The predicted molar refractivity (Wildman–Crippen MR) is 22.7 cm³/mol. The monoisotopic (exact) mass is 371 g/mol. The van der Waals surface area contributed by atoms with Crippen LogP contribution in [0.1, 0.15) is 0 Å². The molecule has 7 heavy (non-hydrogen) atoms. The Morgan fingerprint density at radius 2 is 1.14 bits per heavy atom. The molecule has 0 atom stereocenters. The molecule has 0 amide bonds. The zero-order chi connectivity index (χ0) is 4.50. The van der Waals surface area contributed by atoms with Crippen molar-refractivity contribution in [2.24, 2.45) is 0 Å². The van der Waals surface area contributed by atoms with Gasteiger partial charge in [-0.25, -0.2) is 0 Å². The average molecular weight is 371 g/mol. The molecule has 0 saturated carbocycles. The van der Waals surface area contributed by atoms with Gasteiger partial charge in [-0.3, -0.25) is 9.11 Å². The van der Waals surface area contributed by atoms with Gasteiger partial charge in [-0.15, -0.1) is 0 Å². The van der Waals surface area contributed by atoms with Gasteiger partial charge in [0.05, 0.1) is 0 Å². The van der Waals surface area contributed by atoms with Crippen molar-refractivity contribution in [1.29, 1.82) is 0 Å². The second kappa shape index (κ2) is 5.45. The summed E-state index contributed by atoms with van der Waals surface area (Å²) in [6.45, 7) is 0. The van der Waals surface area contributed by atoms with E-state index in [0.717, 1.165) is 0 Å². The molecule has 0 saturated heterocycles. The molecule has 0 aromatic rings. The van der Waals surface area contributed by atoms with E-state index in [1.165, 1.54) is 0 Å². The van der Waals surface area contributed by atoms with E-state index in [2.05, 4.69) is 0 Å². The third-order valence-corrected chi connectivity index (χ3v) is 0. The third-order valence-electron chi connectivity index (χ3n) is 0. The summed E-state index contributed by atoms with van der Waals surface area (Å²) in [7, 11) is -4.67. The molecule has 0 heterocycles. The van der Waals surface area contributed by atoms with Crippen molar-refractivity contribution in [3.8, 4) is 0 Å². The molecule has 7 heteroatoms. The van der Waals surface area contributed by atoms with Gasteiger partial charge in [-0.1, -0.05) is 0 Å². The Hall–Kier alpha value is 1.31. The van der Waals surface area contributed by atoms with Gasteiger partial charge < -0.3 is 0 Å². The van der Waals surface area contributed by atoms with Gasteiger partial charge in [0.1, 0.15) is 0 Å². The van der Waals surface area contributed by atoms with Gasteiger partial charge in [0.15, 0.2) is 0 Å². The molecule has 0 aliphatic heterocycles. The van der Waals surface area contributed by atoms with Crippen molar-refractivity contribution in [2.75, 3.05) is 0 Å². The summed E-state index contributed by atoms with van der Waals surface area (Å²) in [6.07, 6.45) is 0. The molecule has 0 bridgehead atoms. The molecule has 0 aliphatic rings. The van der Waals surface area contributed by atoms with E-state index in [1.807, 2.05) is 0 Å². The fourth-order valence-electron chi connectivity index (χ4n) is 0. The molecule has 3 radical (unpaired) electrons. The third kappa shape index (κ3) is 120. The molecule has 4 nitrogen and oxygen atoms in total. The summed E-state index contributed by atoms with van der Waals surface area (Å²) in [5.41, 5.74) is 0. The van der Waals surface area contributed by atoms with Gasteiger partial charge in [0, 0.05) is 17.1 Å². The van der Waals surface area contributed by atoms with Crippen LogP contribution in [0.3, 0.4) is 0 Å². The van der Waals surface area contributed by atoms with Crippen LogP contribution < -0.4 is 0 Å². The molecule has 49 valence electrons. The van der Waals surface area contributed by atoms with Crippen LogP contribution in [0.15, 0.2) is 0 Å². The van der Waals surface area contributed by atoms with Gasteiger partial charge in [-0.2, -0.15) is 8.42 Å². The molecule has 0 aromatic heterocycles. The van der Waals surface area contributed by atoms with Crippen molar-refractivity contribution < 1.29 is 34.6 Å². The van der Waals surface area contributed by atoms with Crippen molar-refractivity contribution in [2.45, 2.75) is 0 Å². The molecule has 0 rings (SSSR count). The molecule has 0 spiro atoms. The van der Waals surface area contributed by atoms with E-state index >= 15 is 0 Å². The first-order valence-electron chi connectivity index (χ1n) is 0.698. The van der Waals surface area contributed by atoms with E-state index in [0.29, 0.717) is 0 Å². The fraction of sp³-hybridized carbons (Fsp3) is 0. The molecule has 0 unspecified atom stereocenters. The summed E-state index contributed by atoms with van der Waals surface area (Å²) in [5, 5.41) is 0. The van der Waals surface area contributed by atoms with Crippen LogP contribution in [0, 0.1) is 0 Å². The first-order chi connectivity index (χ1) is 2.00. The van der Waals surface area contributed by atoms with Crippen molar-refractivity contribution in [3.63, 3.8) is 0 Å². The Balaban J connectivity index is -0.0000000800. The fourth-order valence-corrected chi connectivity index (χ4v) is 0. The van der Waals surface area contributed by atoms with Gasteiger partial charge in [-0.05, 0) is 0 Å². The Kier molecular flexibility index (Phi) is 12.3. The maximum absolute atomic E-state index is 8.74. The first-order valence-corrected chi connectivity index (χ1v) is 2.10. The summed E-state index contributed by atoms with van der Waals surface area (Å²) in [4.78, 5) is 0. The van der Waals surface area contributed by atoms with Crippen molar-refractivity contribution in [3.05, 3.63) is 0 Å². The second-order valence-corrected chi connectivity index (χ2v) is 1.34. The Bertz CT molecular complexity index is 94.9. The standard InChI is InChI=1S/Cu.H2O4S.Pb.2H/c;1-5(2,3)4;;;/h;(H2,1,2,3,4);;;. The minimum atomic E-state index is -4.67. The van der Waals surface area contributed by atoms with Crippen molar-refractivity contribution in [1.82, 2.24) is 0 Å². The van der Waals surface area contributed by atoms with E-state index in [1.54, 1.807) is 0 Å². The van der Waals surface area contributed by atoms with Gasteiger partial charge >= 0.3 is 37.7 Å². The maximum atomic E-state index is 8.74. The van der Waals surface area contributed by atoms with E-state index < -0.39 is 10.4 Å². The van der Waals surface area contributed by atoms with Crippen LogP contribution in [0.4, 0.5) is 0 Å². The van der Waals surface area contributed by atoms with Crippen LogP contribution in [0.25, 0.3) is 0 Å². The molecular weight excluding hydrogens is 367 g/mol. The Morgan fingerprint density at radius 1 is 1.14 bits per heavy atom. The van der Waals surface area contributed by atoms with Crippen LogP contribution in [-0.2, 0) is 27.5 Å². The first kappa shape index (κ1) is 15.7. The van der Waals surface area contributed by atoms with E-state index in [4.69, 9.17) is 17.5 Å². The summed E-state index contributed by atoms with van der Waals surface area (Å²) >= 11 is 0. The Morgan fingerprint density at radius 3 is 1.14 bits per heavy atom. The molecular formula is H4CuO4PbS. The molecule has 0 aromatic carbocycles. The molecule has 0 aliphatic carbocycles. The number of rotatable bonds is 0. The zero-order valence-corrected chi connectivity index (χ0v) is 10.4. The van der Waals surface area contributed by atoms with E-state index in [9.17, 15) is 0 Å². The van der Waals surface area contributed by atoms with Crippen molar-refractivity contribution >= 4 is 37.7 Å². The summed E-state index contributed by atoms with van der Waals surface area (Å²) in [5.74, 6) is 0. The average Bonchev–Trinajstić information content (AvgIpc) is 0.722. The predicted octanol–water partition coefficient (Wildman–Crippen LogP) is -1.57. The van der Waals surface area contributed by atoms with Crippen LogP contribution in [0.5, 0.6) is 0 Å². The normalized spacial score (nSPS) is 8.29. The van der Waals surface area contributed by atoms with Gasteiger partial charge in [0.25, 0.3) is 0 Å². The van der Waals surface area contributed by atoms with E-state index in [-0.39, 0.29) is 44.4 Å². The quantitative estimate of drug-likeness (QED) is 0.399. The molecule has 2 N–H and O–H groups in total. The minimum absolute atomic E-state index is 0. The molecule has 0 fully saturated rings. The number of hydrogen-bond donors (Lipinski definition) is 2.